The van der Waals surface area contributed by atoms with Crippen LogP contribution in [0, 0.1) is 11.7 Å². The molecule has 0 bridgehead atoms. The molecule has 0 spiro atoms. The Kier molecular flexibility index (Phi) is 3.09. The highest BCUT2D eigenvalue weighted by Crippen LogP contribution is 2.33. The Labute approximate surface area is 100 Å². The van der Waals surface area contributed by atoms with E-state index in [0.29, 0.717) is 5.92 Å². The lowest BCUT2D eigenvalue weighted by molar-refractivity contribution is 0.536. The van der Waals surface area contributed by atoms with Gasteiger partial charge in [0.05, 0.1) is 10.6 Å². The maximum atomic E-state index is 13.2. The molecule has 0 radical (unpaired) electrons. The minimum absolute atomic E-state index is 0.0563. The maximum absolute atomic E-state index is 13.2. The van der Waals surface area contributed by atoms with Crippen molar-refractivity contribution in [1.29, 1.82) is 0 Å². The van der Waals surface area contributed by atoms with E-state index in [1.54, 1.807) is 0 Å². The first-order valence-electron chi connectivity index (χ1n) is 5.47. The van der Waals surface area contributed by atoms with Gasteiger partial charge in [-0.15, -0.1) is 0 Å². The van der Waals surface area contributed by atoms with Gasteiger partial charge in [-0.05, 0) is 43.9 Å². The largest absolute Gasteiger partial charge is 0.396 e. The van der Waals surface area contributed by atoms with Crippen molar-refractivity contribution in [1.82, 2.24) is 4.72 Å². The standard InChI is InChI=1S/C11H15FN2O2S/c1-7(8-2-3-8)14-17(15,16)9-4-5-11(13)10(12)6-9/h4-8,14H,2-3,13H2,1H3. The summed E-state index contributed by atoms with van der Waals surface area (Å²) in [7, 11) is -3.65. The van der Waals surface area contributed by atoms with Crippen LogP contribution in [-0.4, -0.2) is 14.5 Å². The molecule has 0 saturated heterocycles. The molecular weight excluding hydrogens is 243 g/mol. The molecule has 6 heteroatoms. The zero-order valence-corrected chi connectivity index (χ0v) is 10.3. The first-order valence-corrected chi connectivity index (χ1v) is 6.96. The zero-order chi connectivity index (χ0) is 12.6. The van der Waals surface area contributed by atoms with Gasteiger partial charge in [-0.2, -0.15) is 0 Å². The van der Waals surface area contributed by atoms with E-state index < -0.39 is 15.8 Å². The van der Waals surface area contributed by atoms with Crippen LogP contribution in [0.25, 0.3) is 0 Å². The summed E-state index contributed by atoms with van der Waals surface area (Å²) < 4.78 is 39.6. The molecular formula is C11H15FN2O2S. The minimum Gasteiger partial charge on any atom is -0.396 e. The van der Waals surface area contributed by atoms with Crippen molar-refractivity contribution in [2.24, 2.45) is 5.92 Å². The maximum Gasteiger partial charge on any atom is 0.240 e. The molecule has 1 aromatic rings. The normalized spacial score (nSPS) is 18.0. The number of nitrogen functional groups attached to an aromatic ring is 1. The number of benzene rings is 1. The monoisotopic (exact) mass is 258 g/mol. The number of nitrogens with one attached hydrogen (secondary N) is 1. The number of rotatable bonds is 4. The highest BCUT2D eigenvalue weighted by atomic mass is 32.2. The lowest BCUT2D eigenvalue weighted by Gasteiger charge is -2.13. The number of nitrogens with two attached hydrogens (primary N) is 1. The van der Waals surface area contributed by atoms with Crippen molar-refractivity contribution >= 4 is 15.7 Å². The molecule has 1 atom stereocenters. The van der Waals surface area contributed by atoms with E-state index in [-0.39, 0.29) is 16.6 Å². The lowest BCUT2D eigenvalue weighted by Crippen LogP contribution is -2.34. The van der Waals surface area contributed by atoms with Crippen LogP contribution in [-0.2, 0) is 10.0 Å². The summed E-state index contributed by atoms with van der Waals surface area (Å²) in [5, 5.41) is 0. The highest BCUT2D eigenvalue weighted by Gasteiger charge is 2.31. The van der Waals surface area contributed by atoms with Crippen molar-refractivity contribution < 1.29 is 12.8 Å². The fourth-order valence-corrected chi connectivity index (χ4v) is 3.00. The van der Waals surface area contributed by atoms with Crippen LogP contribution < -0.4 is 10.5 Å². The Bertz CT molecular complexity index is 526. The van der Waals surface area contributed by atoms with Crippen LogP contribution in [0.15, 0.2) is 23.1 Å². The summed E-state index contributed by atoms with van der Waals surface area (Å²) in [6.07, 6.45) is 2.08. The number of sulfonamides is 1. The van der Waals surface area contributed by atoms with Gasteiger partial charge in [0, 0.05) is 6.04 Å². The van der Waals surface area contributed by atoms with Crippen LogP contribution in [0.2, 0.25) is 0 Å². The molecule has 1 aromatic carbocycles. The third kappa shape index (κ3) is 2.76. The summed E-state index contributed by atoms with van der Waals surface area (Å²) in [6.45, 7) is 1.82. The second-order valence-corrected chi connectivity index (χ2v) is 6.14. The molecule has 1 saturated carbocycles. The third-order valence-corrected chi connectivity index (χ3v) is 4.51. The Hall–Kier alpha value is -1.14. The van der Waals surface area contributed by atoms with Crippen molar-refractivity contribution in [3.8, 4) is 0 Å². The fraction of sp³-hybridized carbons (Fsp3) is 0.455. The third-order valence-electron chi connectivity index (χ3n) is 2.95. The number of anilines is 1. The Morgan fingerprint density at radius 2 is 2.12 bits per heavy atom. The average molecular weight is 258 g/mol. The molecule has 0 heterocycles. The van der Waals surface area contributed by atoms with E-state index in [9.17, 15) is 12.8 Å². The van der Waals surface area contributed by atoms with Crippen LogP contribution in [0.4, 0.5) is 10.1 Å². The van der Waals surface area contributed by atoms with Gasteiger partial charge < -0.3 is 5.73 Å². The van der Waals surface area contributed by atoms with Crippen molar-refractivity contribution in [3.05, 3.63) is 24.0 Å². The van der Waals surface area contributed by atoms with Crippen molar-refractivity contribution in [3.63, 3.8) is 0 Å². The first-order chi connectivity index (χ1) is 7.90. The molecule has 1 aliphatic carbocycles. The molecule has 3 N–H and O–H groups in total. The molecule has 1 unspecified atom stereocenters. The summed E-state index contributed by atoms with van der Waals surface area (Å²) in [5.74, 6) is -0.310. The van der Waals surface area contributed by atoms with Gasteiger partial charge in [-0.3, -0.25) is 0 Å². The zero-order valence-electron chi connectivity index (χ0n) is 9.48. The van der Waals surface area contributed by atoms with Crippen LogP contribution in [0.3, 0.4) is 0 Å². The lowest BCUT2D eigenvalue weighted by atomic mass is 10.2. The molecule has 17 heavy (non-hydrogen) atoms. The summed E-state index contributed by atoms with van der Waals surface area (Å²) >= 11 is 0. The topological polar surface area (TPSA) is 72.2 Å². The molecule has 0 aliphatic heterocycles. The van der Waals surface area contributed by atoms with Gasteiger partial charge >= 0.3 is 0 Å². The van der Waals surface area contributed by atoms with E-state index in [1.807, 2.05) is 6.92 Å². The highest BCUT2D eigenvalue weighted by molar-refractivity contribution is 7.89. The van der Waals surface area contributed by atoms with Gasteiger partial charge in [0.25, 0.3) is 0 Å². The molecule has 1 aliphatic rings. The number of halogens is 1. The Morgan fingerprint density at radius 3 is 2.65 bits per heavy atom. The average Bonchev–Trinajstić information content (AvgIpc) is 3.04. The molecule has 4 nitrogen and oxygen atoms in total. The van der Waals surface area contributed by atoms with Crippen molar-refractivity contribution in [2.75, 3.05) is 5.73 Å². The molecule has 2 rings (SSSR count). The van der Waals surface area contributed by atoms with E-state index in [2.05, 4.69) is 4.72 Å². The van der Waals surface area contributed by atoms with E-state index in [0.717, 1.165) is 18.9 Å². The van der Waals surface area contributed by atoms with Gasteiger partial charge in [0.15, 0.2) is 0 Å². The smallest absolute Gasteiger partial charge is 0.240 e. The van der Waals surface area contributed by atoms with E-state index in [4.69, 9.17) is 5.73 Å². The molecule has 1 fully saturated rings. The Balaban J connectivity index is 2.21. The van der Waals surface area contributed by atoms with Crippen LogP contribution >= 0.6 is 0 Å². The SMILES string of the molecule is CC(NS(=O)(=O)c1ccc(N)c(F)c1)C1CC1. The summed E-state index contributed by atoms with van der Waals surface area (Å²) in [4.78, 5) is -0.0864. The fourth-order valence-electron chi connectivity index (χ4n) is 1.68. The summed E-state index contributed by atoms with van der Waals surface area (Å²) in [6, 6.07) is 3.39. The second-order valence-electron chi connectivity index (χ2n) is 4.43. The van der Waals surface area contributed by atoms with Crippen molar-refractivity contribution in [2.45, 2.75) is 30.7 Å². The second kappa shape index (κ2) is 4.27. The van der Waals surface area contributed by atoms with Crippen LogP contribution in [0.5, 0.6) is 0 Å². The summed E-state index contributed by atoms with van der Waals surface area (Å²) in [5.41, 5.74) is 5.24. The van der Waals surface area contributed by atoms with Crippen LogP contribution in [0.1, 0.15) is 19.8 Å². The van der Waals surface area contributed by atoms with Gasteiger partial charge in [-0.25, -0.2) is 17.5 Å². The van der Waals surface area contributed by atoms with Gasteiger partial charge in [-0.1, -0.05) is 0 Å². The predicted molar refractivity (Wildman–Crippen MR) is 63.3 cm³/mol. The predicted octanol–water partition coefficient (Wildman–Crippen LogP) is 1.48. The number of hydrogen-bond acceptors (Lipinski definition) is 3. The minimum atomic E-state index is -3.65. The van der Waals surface area contributed by atoms with Gasteiger partial charge in [0.2, 0.25) is 10.0 Å². The number of hydrogen-bond donors (Lipinski definition) is 2. The quantitative estimate of drug-likeness (QED) is 0.804. The molecule has 0 aromatic heterocycles. The van der Waals surface area contributed by atoms with Gasteiger partial charge in [0.1, 0.15) is 5.82 Å². The van der Waals surface area contributed by atoms with E-state index in [1.165, 1.54) is 12.1 Å². The first kappa shape index (κ1) is 12.3. The Morgan fingerprint density at radius 1 is 1.47 bits per heavy atom. The molecule has 0 amide bonds. The molecule has 94 valence electrons. The van der Waals surface area contributed by atoms with E-state index >= 15 is 0 Å².